The number of ether oxygens (including phenoxy) is 1. The van der Waals surface area contributed by atoms with Gasteiger partial charge in [0.1, 0.15) is 17.9 Å². The molecule has 0 radical (unpaired) electrons. The van der Waals surface area contributed by atoms with E-state index >= 15 is 0 Å². The monoisotopic (exact) mass is 260 g/mol. The first-order valence-corrected chi connectivity index (χ1v) is 5.24. The van der Waals surface area contributed by atoms with E-state index in [0.29, 0.717) is 10.1 Å². The summed E-state index contributed by atoms with van der Waals surface area (Å²) in [6.45, 7) is 1.93. The summed E-state index contributed by atoms with van der Waals surface area (Å²) in [4.78, 5) is 10.9. The van der Waals surface area contributed by atoms with E-state index in [1.807, 2.05) is 0 Å². The van der Waals surface area contributed by atoms with Gasteiger partial charge in [-0.1, -0.05) is 23.2 Å². The Hall–Kier alpha value is -1.19. The van der Waals surface area contributed by atoms with Crippen LogP contribution in [0, 0.1) is 0 Å². The average molecular weight is 261 g/mol. The van der Waals surface area contributed by atoms with Gasteiger partial charge in [-0.25, -0.2) is 4.79 Å². The van der Waals surface area contributed by atoms with Crippen LogP contribution in [0.3, 0.4) is 0 Å². The topological polar surface area (TPSA) is 46.5 Å². The zero-order chi connectivity index (χ0) is 12.1. The lowest BCUT2D eigenvalue weighted by molar-refractivity contribution is 0.0693. The van der Waals surface area contributed by atoms with Gasteiger partial charge in [-0.05, 0) is 31.2 Å². The normalized spacial score (nSPS) is 11.3. The minimum absolute atomic E-state index is 0.0353. The van der Waals surface area contributed by atoms with Gasteiger partial charge in [-0.15, -0.1) is 0 Å². The Kier molecular flexibility index (Phi) is 4.65. The number of hydrogen-bond acceptors (Lipinski definition) is 2. The Bertz CT molecular complexity index is 423. The van der Waals surface area contributed by atoms with Crippen LogP contribution in [0.1, 0.15) is 17.3 Å². The summed E-state index contributed by atoms with van der Waals surface area (Å²) >= 11 is 11.3. The molecule has 0 aliphatic rings. The molecule has 0 fully saturated rings. The summed E-state index contributed by atoms with van der Waals surface area (Å²) in [6, 6.07) is 4.43. The number of carboxylic acid groups (broad SMARTS) is 1. The number of aromatic carboxylic acids is 1. The van der Waals surface area contributed by atoms with Gasteiger partial charge in [0.15, 0.2) is 0 Å². The van der Waals surface area contributed by atoms with Gasteiger partial charge in [0.25, 0.3) is 0 Å². The maximum absolute atomic E-state index is 10.9. The van der Waals surface area contributed by atoms with Crippen LogP contribution in [0.15, 0.2) is 29.3 Å². The second-order valence-electron chi connectivity index (χ2n) is 3.05. The molecule has 0 aliphatic heterocycles. The molecular weight excluding hydrogens is 251 g/mol. The summed E-state index contributed by atoms with van der Waals surface area (Å²) in [5, 5.41) is 9.86. The van der Waals surface area contributed by atoms with Crippen molar-refractivity contribution in [3.8, 4) is 5.75 Å². The van der Waals surface area contributed by atoms with E-state index in [1.54, 1.807) is 19.1 Å². The van der Waals surface area contributed by atoms with Crippen molar-refractivity contribution in [3.63, 3.8) is 0 Å². The first-order valence-electron chi connectivity index (χ1n) is 4.48. The number of carbonyl (C=O) groups is 1. The minimum atomic E-state index is -1.08. The van der Waals surface area contributed by atoms with Crippen molar-refractivity contribution in [1.82, 2.24) is 0 Å². The number of rotatable bonds is 4. The smallest absolute Gasteiger partial charge is 0.339 e. The SMILES string of the molecule is C/C(Cl)=C\COc1ccc(Cl)cc1C(=O)O. The van der Waals surface area contributed by atoms with Crippen LogP contribution in [0.2, 0.25) is 5.02 Å². The van der Waals surface area contributed by atoms with E-state index in [9.17, 15) is 4.79 Å². The van der Waals surface area contributed by atoms with Gasteiger partial charge in [-0.2, -0.15) is 0 Å². The second kappa shape index (κ2) is 5.77. The third-order valence-electron chi connectivity index (χ3n) is 1.78. The van der Waals surface area contributed by atoms with Crippen LogP contribution >= 0.6 is 23.2 Å². The molecule has 0 aromatic heterocycles. The minimum Gasteiger partial charge on any atom is -0.489 e. The standard InChI is InChI=1S/C11H10Cl2O3/c1-7(12)4-5-16-10-3-2-8(13)6-9(10)11(14)15/h2-4,6H,5H2,1H3,(H,14,15)/b7-4+. The number of hydrogen-bond donors (Lipinski definition) is 1. The highest BCUT2D eigenvalue weighted by molar-refractivity contribution is 6.31. The Labute approximate surface area is 103 Å². The van der Waals surface area contributed by atoms with Gasteiger partial charge in [-0.3, -0.25) is 0 Å². The van der Waals surface area contributed by atoms with Gasteiger partial charge in [0, 0.05) is 10.1 Å². The molecule has 16 heavy (non-hydrogen) atoms. The summed E-state index contributed by atoms with van der Waals surface area (Å²) in [5.74, 6) is -0.810. The number of benzene rings is 1. The van der Waals surface area contributed by atoms with E-state index in [1.165, 1.54) is 12.1 Å². The van der Waals surface area contributed by atoms with Crippen LogP contribution < -0.4 is 4.74 Å². The molecule has 1 N–H and O–H groups in total. The quantitative estimate of drug-likeness (QED) is 0.901. The summed E-state index contributed by atoms with van der Waals surface area (Å²) in [6.07, 6.45) is 1.64. The molecule has 0 unspecified atom stereocenters. The van der Waals surface area contributed by atoms with Gasteiger partial charge >= 0.3 is 5.97 Å². The molecule has 0 saturated heterocycles. The van der Waals surface area contributed by atoms with Crippen LogP contribution in [0.4, 0.5) is 0 Å². The van der Waals surface area contributed by atoms with Crippen molar-refractivity contribution >= 4 is 29.2 Å². The molecule has 3 nitrogen and oxygen atoms in total. The van der Waals surface area contributed by atoms with E-state index in [4.69, 9.17) is 33.0 Å². The van der Waals surface area contributed by atoms with Gasteiger partial charge < -0.3 is 9.84 Å². The zero-order valence-corrected chi connectivity index (χ0v) is 10.0. The first-order chi connectivity index (χ1) is 7.50. The van der Waals surface area contributed by atoms with E-state index < -0.39 is 5.97 Å². The first kappa shape index (κ1) is 12.9. The van der Waals surface area contributed by atoms with Crippen molar-refractivity contribution in [1.29, 1.82) is 0 Å². The molecule has 0 aliphatic carbocycles. The molecule has 1 aromatic rings. The fourth-order valence-electron chi connectivity index (χ4n) is 1.04. The summed E-state index contributed by atoms with van der Waals surface area (Å²) in [5.41, 5.74) is 0.0353. The molecule has 0 saturated carbocycles. The van der Waals surface area contributed by atoms with E-state index in [-0.39, 0.29) is 17.9 Å². The van der Waals surface area contributed by atoms with Crippen LogP contribution in [0.25, 0.3) is 0 Å². The Morgan fingerprint density at radius 3 is 2.81 bits per heavy atom. The van der Waals surface area contributed by atoms with Crippen molar-refractivity contribution in [2.75, 3.05) is 6.61 Å². The summed E-state index contributed by atoms with van der Waals surface area (Å²) in [7, 11) is 0. The molecule has 1 aromatic carbocycles. The Morgan fingerprint density at radius 2 is 2.25 bits per heavy atom. The molecule has 0 spiro atoms. The van der Waals surface area contributed by atoms with Crippen LogP contribution in [0.5, 0.6) is 5.75 Å². The van der Waals surface area contributed by atoms with Crippen LogP contribution in [-0.2, 0) is 0 Å². The van der Waals surface area contributed by atoms with Crippen LogP contribution in [-0.4, -0.2) is 17.7 Å². The lowest BCUT2D eigenvalue weighted by Gasteiger charge is -2.07. The highest BCUT2D eigenvalue weighted by Crippen LogP contribution is 2.23. The fraction of sp³-hybridized carbons (Fsp3) is 0.182. The maximum Gasteiger partial charge on any atom is 0.339 e. The average Bonchev–Trinajstić information content (AvgIpc) is 2.19. The predicted octanol–water partition coefficient (Wildman–Crippen LogP) is 3.56. The lowest BCUT2D eigenvalue weighted by Crippen LogP contribution is -2.03. The number of halogens is 2. The Morgan fingerprint density at radius 1 is 1.56 bits per heavy atom. The second-order valence-corrected chi connectivity index (χ2v) is 4.08. The third kappa shape index (κ3) is 3.76. The van der Waals surface area contributed by atoms with E-state index in [2.05, 4.69) is 0 Å². The van der Waals surface area contributed by atoms with Crippen molar-refractivity contribution in [2.45, 2.75) is 6.92 Å². The molecule has 0 bridgehead atoms. The number of carboxylic acids is 1. The van der Waals surface area contributed by atoms with E-state index in [0.717, 1.165) is 0 Å². The molecule has 1 rings (SSSR count). The highest BCUT2D eigenvalue weighted by Gasteiger charge is 2.11. The lowest BCUT2D eigenvalue weighted by atomic mass is 10.2. The molecule has 0 amide bonds. The molecule has 0 atom stereocenters. The zero-order valence-electron chi connectivity index (χ0n) is 8.54. The van der Waals surface area contributed by atoms with Crippen molar-refractivity contribution in [3.05, 3.63) is 39.9 Å². The summed E-state index contributed by atoms with van der Waals surface area (Å²) < 4.78 is 5.26. The molecular formula is C11H10Cl2O3. The largest absolute Gasteiger partial charge is 0.489 e. The predicted molar refractivity (Wildman–Crippen MR) is 63.5 cm³/mol. The van der Waals surface area contributed by atoms with Gasteiger partial charge in [0.05, 0.1) is 0 Å². The van der Waals surface area contributed by atoms with Crippen molar-refractivity contribution < 1.29 is 14.6 Å². The molecule has 5 heteroatoms. The Balaban J connectivity index is 2.87. The third-order valence-corrected chi connectivity index (χ3v) is 2.16. The maximum atomic E-state index is 10.9. The highest BCUT2D eigenvalue weighted by atomic mass is 35.5. The van der Waals surface area contributed by atoms with Gasteiger partial charge in [0.2, 0.25) is 0 Å². The molecule has 86 valence electrons. The van der Waals surface area contributed by atoms with Crippen molar-refractivity contribution in [2.24, 2.45) is 0 Å². The number of allylic oxidation sites excluding steroid dienone is 1. The molecule has 0 heterocycles. The fourth-order valence-corrected chi connectivity index (χ4v) is 1.28.